The van der Waals surface area contributed by atoms with Crippen LogP contribution < -0.4 is 4.68 Å². The Hall–Kier alpha value is -2.55. The van der Waals surface area contributed by atoms with Gasteiger partial charge in [0.15, 0.2) is 13.2 Å². The van der Waals surface area contributed by atoms with Crippen molar-refractivity contribution in [2.45, 2.75) is 6.92 Å². The van der Waals surface area contributed by atoms with Crippen molar-refractivity contribution >= 4 is 21.8 Å². The molecule has 0 N–H and O–H groups in total. The zero-order valence-corrected chi connectivity index (χ0v) is 12.5. The summed E-state index contributed by atoms with van der Waals surface area (Å²) >= 11 is 0. The van der Waals surface area contributed by atoms with Gasteiger partial charge in [0.05, 0.1) is 6.20 Å². The Balaban J connectivity index is 2.14. The first-order valence-corrected chi connectivity index (χ1v) is 7.18. The van der Waals surface area contributed by atoms with Gasteiger partial charge in [-0.05, 0) is 30.7 Å². The third-order valence-electron chi connectivity index (χ3n) is 4.35. The summed E-state index contributed by atoms with van der Waals surface area (Å²) in [5.74, 6) is 0. The largest absolute Gasteiger partial charge is 0.344 e. The van der Waals surface area contributed by atoms with Crippen LogP contribution in [0.2, 0.25) is 0 Å². The first kappa shape index (κ1) is 12.2. The number of benzene rings is 2. The number of para-hydroxylation sites is 1. The molecule has 2 aromatic carbocycles. The van der Waals surface area contributed by atoms with E-state index < -0.39 is 0 Å². The van der Waals surface area contributed by atoms with Crippen LogP contribution in [0.4, 0.5) is 0 Å². The maximum Gasteiger partial charge on any atom is 0.195 e. The number of nitrogens with zero attached hydrogens (tertiary/aromatic N) is 3. The molecule has 21 heavy (non-hydrogen) atoms. The van der Waals surface area contributed by atoms with E-state index in [1.165, 1.54) is 33.1 Å². The van der Waals surface area contributed by atoms with Crippen LogP contribution in [0.5, 0.6) is 0 Å². The second-order valence-electron chi connectivity index (χ2n) is 5.64. The molecule has 104 valence electrons. The van der Waals surface area contributed by atoms with Gasteiger partial charge in [-0.25, -0.2) is 0 Å². The number of rotatable bonds is 1. The number of fused-ring (bicyclic) bond motifs is 3. The summed E-state index contributed by atoms with van der Waals surface area (Å²) in [5.41, 5.74) is 5.07. The van der Waals surface area contributed by atoms with E-state index in [2.05, 4.69) is 89.8 Å². The van der Waals surface area contributed by atoms with Crippen molar-refractivity contribution in [2.24, 2.45) is 14.1 Å². The Bertz CT molecular complexity index is 973. The van der Waals surface area contributed by atoms with Crippen molar-refractivity contribution < 1.29 is 4.68 Å². The van der Waals surface area contributed by atoms with Crippen molar-refractivity contribution in [1.29, 1.82) is 0 Å². The van der Waals surface area contributed by atoms with Gasteiger partial charge < -0.3 is 4.57 Å². The van der Waals surface area contributed by atoms with Crippen LogP contribution in [0.15, 0.2) is 54.9 Å². The van der Waals surface area contributed by atoms with Gasteiger partial charge in [0.25, 0.3) is 0 Å². The molecule has 4 aromatic rings. The first-order valence-electron chi connectivity index (χ1n) is 7.18. The molecule has 3 heteroatoms. The van der Waals surface area contributed by atoms with Gasteiger partial charge in [-0.1, -0.05) is 18.2 Å². The molecule has 0 atom stereocenters. The third-order valence-corrected chi connectivity index (χ3v) is 4.35. The molecule has 0 unspecified atom stereocenters. The molecular formula is C18H18N3+. The highest BCUT2D eigenvalue weighted by Crippen LogP contribution is 2.31. The molecule has 2 heterocycles. The van der Waals surface area contributed by atoms with Crippen molar-refractivity contribution in [1.82, 2.24) is 9.25 Å². The minimum absolute atomic E-state index is 1.23. The number of hydrogen-bond donors (Lipinski definition) is 0. The van der Waals surface area contributed by atoms with Gasteiger partial charge in [0.2, 0.25) is 0 Å². The molecule has 0 amide bonds. The molecule has 0 radical (unpaired) electrons. The van der Waals surface area contributed by atoms with E-state index >= 15 is 0 Å². The lowest BCUT2D eigenvalue weighted by Gasteiger charge is -2.06. The lowest BCUT2D eigenvalue weighted by molar-refractivity contribution is -0.744. The number of hydrogen-bond acceptors (Lipinski definition) is 0. The van der Waals surface area contributed by atoms with Gasteiger partial charge in [0, 0.05) is 34.9 Å². The summed E-state index contributed by atoms with van der Waals surface area (Å²) in [5, 5.41) is 2.62. The predicted octanol–water partition coefficient (Wildman–Crippen LogP) is 3.26. The van der Waals surface area contributed by atoms with Crippen molar-refractivity contribution in [3.63, 3.8) is 0 Å². The van der Waals surface area contributed by atoms with Crippen LogP contribution in [-0.4, -0.2) is 9.25 Å². The maximum atomic E-state index is 2.30. The van der Waals surface area contributed by atoms with Crippen molar-refractivity contribution in [3.05, 3.63) is 60.4 Å². The molecule has 2 aromatic heterocycles. The molecule has 0 saturated heterocycles. The van der Waals surface area contributed by atoms with E-state index in [4.69, 9.17) is 0 Å². The number of aryl methyl sites for hydroxylation is 3. The summed E-state index contributed by atoms with van der Waals surface area (Å²) in [4.78, 5) is 0. The Morgan fingerprint density at radius 1 is 0.952 bits per heavy atom. The van der Waals surface area contributed by atoms with E-state index in [-0.39, 0.29) is 0 Å². The smallest absolute Gasteiger partial charge is 0.195 e. The van der Waals surface area contributed by atoms with E-state index in [1.54, 1.807) is 0 Å². The lowest BCUT2D eigenvalue weighted by Crippen LogP contribution is -2.36. The molecule has 0 fully saturated rings. The summed E-state index contributed by atoms with van der Waals surface area (Å²) in [6.07, 6.45) is 4.16. The van der Waals surface area contributed by atoms with E-state index in [0.717, 1.165) is 0 Å². The van der Waals surface area contributed by atoms with Crippen LogP contribution in [0.25, 0.3) is 27.5 Å². The highest BCUT2D eigenvalue weighted by Gasteiger charge is 2.14. The van der Waals surface area contributed by atoms with Crippen molar-refractivity contribution in [2.75, 3.05) is 0 Å². The van der Waals surface area contributed by atoms with Crippen LogP contribution >= 0.6 is 0 Å². The fourth-order valence-corrected chi connectivity index (χ4v) is 3.22. The predicted molar refractivity (Wildman–Crippen MR) is 85.7 cm³/mol. The first-order chi connectivity index (χ1) is 10.2. The van der Waals surface area contributed by atoms with Gasteiger partial charge in [-0.3, -0.25) is 0 Å². The van der Waals surface area contributed by atoms with Crippen molar-refractivity contribution in [3.8, 4) is 5.69 Å². The summed E-state index contributed by atoms with van der Waals surface area (Å²) < 4.78 is 6.55. The second-order valence-corrected chi connectivity index (χ2v) is 5.64. The van der Waals surface area contributed by atoms with E-state index in [0.29, 0.717) is 0 Å². The monoisotopic (exact) mass is 276 g/mol. The molecule has 0 aliphatic heterocycles. The molecular weight excluding hydrogens is 258 g/mol. The SMILES string of the molecule is Cc1cc2c(cc1-n1ccc[n+]1C)c1ccccc1n2C. The van der Waals surface area contributed by atoms with Crippen LogP contribution in [-0.2, 0) is 14.1 Å². The maximum absolute atomic E-state index is 2.30. The average molecular weight is 276 g/mol. The van der Waals surface area contributed by atoms with Gasteiger partial charge >= 0.3 is 0 Å². The topological polar surface area (TPSA) is 13.7 Å². The Morgan fingerprint density at radius 3 is 2.52 bits per heavy atom. The fourth-order valence-electron chi connectivity index (χ4n) is 3.22. The summed E-state index contributed by atoms with van der Waals surface area (Å²) in [7, 11) is 4.20. The normalized spacial score (nSPS) is 11.6. The molecule has 0 bridgehead atoms. The molecule has 3 nitrogen and oxygen atoms in total. The minimum atomic E-state index is 1.23. The molecule has 0 aliphatic rings. The minimum Gasteiger partial charge on any atom is -0.344 e. The highest BCUT2D eigenvalue weighted by atomic mass is 15.4. The van der Waals surface area contributed by atoms with Gasteiger partial charge in [-0.15, -0.1) is 9.36 Å². The second kappa shape index (κ2) is 4.22. The van der Waals surface area contributed by atoms with E-state index in [1.807, 2.05) is 0 Å². The van der Waals surface area contributed by atoms with Gasteiger partial charge in [-0.2, -0.15) is 0 Å². The molecule has 0 spiro atoms. The Morgan fingerprint density at radius 2 is 1.76 bits per heavy atom. The van der Waals surface area contributed by atoms with Crippen LogP contribution in [0.1, 0.15) is 5.56 Å². The van der Waals surface area contributed by atoms with Crippen LogP contribution in [0.3, 0.4) is 0 Å². The average Bonchev–Trinajstić information content (AvgIpc) is 3.02. The van der Waals surface area contributed by atoms with E-state index in [9.17, 15) is 0 Å². The zero-order valence-electron chi connectivity index (χ0n) is 12.5. The van der Waals surface area contributed by atoms with Gasteiger partial charge in [0.1, 0.15) is 5.69 Å². The highest BCUT2D eigenvalue weighted by molar-refractivity contribution is 6.08. The Kier molecular flexibility index (Phi) is 2.45. The summed E-state index contributed by atoms with van der Waals surface area (Å²) in [6, 6.07) is 15.2. The standard InChI is InChI=1S/C18H18N3/c1-13-11-18-15(12-17(13)21-10-6-9-19(21)2)14-7-4-5-8-16(14)20(18)3/h4-12H,1-3H3/q+1. The third kappa shape index (κ3) is 1.64. The quantitative estimate of drug-likeness (QED) is 0.474. The molecule has 4 rings (SSSR count). The lowest BCUT2D eigenvalue weighted by atomic mass is 10.1. The number of aromatic nitrogens is 3. The molecule has 0 saturated carbocycles. The summed E-state index contributed by atoms with van der Waals surface area (Å²) in [6.45, 7) is 2.17. The van der Waals surface area contributed by atoms with Crippen LogP contribution in [0, 0.1) is 6.92 Å². The molecule has 0 aliphatic carbocycles. The Labute approximate surface area is 123 Å². The zero-order chi connectivity index (χ0) is 14.6. The fraction of sp³-hybridized carbons (Fsp3) is 0.167.